The highest BCUT2D eigenvalue weighted by Crippen LogP contribution is 2.32. The molecule has 6 heteroatoms. The van der Waals surface area contributed by atoms with Crippen LogP contribution in [0.15, 0.2) is 28.9 Å². The number of aryl methyl sites for hydroxylation is 1. The predicted molar refractivity (Wildman–Crippen MR) is 72.3 cm³/mol. The summed E-state index contributed by atoms with van der Waals surface area (Å²) in [7, 11) is 1.52. The summed E-state index contributed by atoms with van der Waals surface area (Å²) < 4.78 is 11.5. The van der Waals surface area contributed by atoms with Crippen LogP contribution < -0.4 is 9.47 Å². The zero-order valence-electron chi connectivity index (χ0n) is 10.3. The molecule has 0 saturated heterocycles. The second kappa shape index (κ2) is 5.67. The van der Waals surface area contributed by atoms with E-state index in [1.165, 1.54) is 7.11 Å². The molecule has 0 aliphatic carbocycles. The van der Waals surface area contributed by atoms with E-state index in [2.05, 4.69) is 25.9 Å². The van der Waals surface area contributed by atoms with E-state index in [9.17, 15) is 0 Å². The fourth-order valence-electron chi connectivity index (χ4n) is 1.49. The van der Waals surface area contributed by atoms with Crippen LogP contribution in [0, 0.1) is 18.3 Å². The molecule has 0 bridgehead atoms. The number of rotatable bonds is 3. The number of benzene rings is 1. The second-order valence-electron chi connectivity index (χ2n) is 3.66. The number of halogens is 1. The molecule has 0 fully saturated rings. The third kappa shape index (κ3) is 3.20. The van der Waals surface area contributed by atoms with E-state index in [1.807, 2.05) is 6.07 Å². The minimum Gasteiger partial charge on any atom is -0.493 e. The molecule has 2 aromatic rings. The van der Waals surface area contributed by atoms with Crippen LogP contribution in [0.2, 0.25) is 0 Å². The summed E-state index contributed by atoms with van der Waals surface area (Å²) >= 11 is 3.28. The summed E-state index contributed by atoms with van der Waals surface area (Å²) in [5.74, 6) is 1.97. The van der Waals surface area contributed by atoms with Crippen molar-refractivity contribution in [2.45, 2.75) is 6.92 Å². The van der Waals surface area contributed by atoms with Gasteiger partial charge in [0.05, 0.1) is 18.7 Å². The van der Waals surface area contributed by atoms with Gasteiger partial charge in [-0.05, 0) is 35.0 Å². The van der Waals surface area contributed by atoms with Crippen molar-refractivity contribution in [1.29, 1.82) is 5.26 Å². The molecule has 0 aliphatic heterocycles. The van der Waals surface area contributed by atoms with Crippen LogP contribution in [-0.4, -0.2) is 17.1 Å². The zero-order valence-corrected chi connectivity index (χ0v) is 11.9. The fraction of sp³-hybridized carbons (Fsp3) is 0.154. The smallest absolute Gasteiger partial charge is 0.223 e. The van der Waals surface area contributed by atoms with Crippen molar-refractivity contribution in [3.05, 3.63) is 40.3 Å². The summed E-state index contributed by atoms with van der Waals surface area (Å²) in [6.07, 6.45) is 0. The van der Waals surface area contributed by atoms with Crippen LogP contribution in [0.5, 0.6) is 17.4 Å². The zero-order chi connectivity index (χ0) is 13.8. The molecule has 0 amide bonds. The highest BCUT2D eigenvalue weighted by Gasteiger charge is 2.09. The Morgan fingerprint density at radius 3 is 2.63 bits per heavy atom. The Morgan fingerprint density at radius 1 is 1.21 bits per heavy atom. The maximum absolute atomic E-state index is 8.84. The lowest BCUT2D eigenvalue weighted by atomic mass is 10.2. The minimum absolute atomic E-state index is 0.405. The highest BCUT2D eigenvalue weighted by molar-refractivity contribution is 9.10. The molecule has 2 rings (SSSR count). The van der Waals surface area contributed by atoms with E-state index in [-0.39, 0.29) is 0 Å². The first kappa shape index (κ1) is 13.3. The topological polar surface area (TPSA) is 68.0 Å². The molecule has 0 spiro atoms. The first-order chi connectivity index (χ1) is 9.12. The SMILES string of the molecule is COc1cc(C#N)ccc1Oc1cc(Br)nc(C)n1. The summed E-state index contributed by atoms with van der Waals surface area (Å²) in [4.78, 5) is 8.26. The lowest BCUT2D eigenvalue weighted by molar-refractivity contribution is 0.373. The Labute approximate surface area is 119 Å². The van der Waals surface area contributed by atoms with Crippen LogP contribution in [0.25, 0.3) is 0 Å². The van der Waals surface area contributed by atoms with Crippen LogP contribution in [0.1, 0.15) is 11.4 Å². The molecule has 0 N–H and O–H groups in total. The predicted octanol–water partition coefficient (Wildman–Crippen LogP) is 3.22. The highest BCUT2D eigenvalue weighted by atomic mass is 79.9. The minimum atomic E-state index is 0.405. The van der Waals surface area contributed by atoms with Crippen LogP contribution in [-0.2, 0) is 0 Å². The summed E-state index contributed by atoms with van der Waals surface area (Å²) in [5, 5.41) is 8.84. The molecule has 1 aromatic carbocycles. The van der Waals surface area contributed by atoms with Crippen LogP contribution in [0.3, 0.4) is 0 Å². The van der Waals surface area contributed by atoms with Crippen molar-refractivity contribution in [2.24, 2.45) is 0 Å². The third-order valence-corrected chi connectivity index (χ3v) is 2.70. The Kier molecular flexibility index (Phi) is 3.97. The lowest BCUT2D eigenvalue weighted by Gasteiger charge is -2.10. The van der Waals surface area contributed by atoms with E-state index >= 15 is 0 Å². The van der Waals surface area contributed by atoms with Crippen molar-refractivity contribution in [1.82, 2.24) is 9.97 Å². The summed E-state index contributed by atoms with van der Waals surface area (Å²) in [5.41, 5.74) is 0.504. The van der Waals surface area contributed by atoms with Crippen molar-refractivity contribution >= 4 is 15.9 Å². The van der Waals surface area contributed by atoms with Gasteiger partial charge in [-0.15, -0.1) is 0 Å². The van der Waals surface area contributed by atoms with Crippen molar-refractivity contribution < 1.29 is 9.47 Å². The third-order valence-electron chi connectivity index (χ3n) is 2.29. The van der Waals surface area contributed by atoms with Gasteiger partial charge in [0.25, 0.3) is 0 Å². The first-order valence-electron chi connectivity index (χ1n) is 5.39. The summed E-state index contributed by atoms with van der Waals surface area (Å²) in [6.45, 7) is 1.77. The van der Waals surface area contributed by atoms with Crippen molar-refractivity contribution in [3.63, 3.8) is 0 Å². The molecule has 1 aromatic heterocycles. The van der Waals surface area contributed by atoms with Gasteiger partial charge in [-0.3, -0.25) is 0 Å². The Hall–Kier alpha value is -2.13. The number of aromatic nitrogens is 2. The number of nitriles is 1. The normalized spacial score (nSPS) is 9.79. The monoisotopic (exact) mass is 319 g/mol. The van der Waals surface area contributed by atoms with Crippen molar-refractivity contribution in [3.8, 4) is 23.4 Å². The Morgan fingerprint density at radius 2 is 2.00 bits per heavy atom. The molecule has 0 saturated carbocycles. The lowest BCUT2D eigenvalue weighted by Crippen LogP contribution is -1.95. The van der Waals surface area contributed by atoms with Gasteiger partial charge in [0.2, 0.25) is 5.88 Å². The van der Waals surface area contributed by atoms with E-state index < -0.39 is 0 Å². The van der Waals surface area contributed by atoms with Crippen LogP contribution in [0.4, 0.5) is 0 Å². The Bertz CT molecular complexity index is 633. The van der Waals surface area contributed by atoms with E-state index in [4.69, 9.17) is 14.7 Å². The van der Waals surface area contributed by atoms with Gasteiger partial charge < -0.3 is 9.47 Å². The number of hydrogen-bond donors (Lipinski definition) is 0. The molecular weight excluding hydrogens is 310 g/mol. The molecular formula is C13H10BrN3O2. The molecule has 1 heterocycles. The number of ether oxygens (including phenoxy) is 2. The van der Waals surface area contributed by atoms with Gasteiger partial charge in [-0.25, -0.2) is 4.98 Å². The molecule has 5 nitrogen and oxygen atoms in total. The van der Waals surface area contributed by atoms with Gasteiger partial charge in [0, 0.05) is 12.1 Å². The van der Waals surface area contributed by atoms with Crippen LogP contribution >= 0.6 is 15.9 Å². The largest absolute Gasteiger partial charge is 0.493 e. The fourth-order valence-corrected chi connectivity index (χ4v) is 1.94. The molecule has 96 valence electrons. The number of methoxy groups -OCH3 is 1. The molecule has 0 radical (unpaired) electrons. The molecule has 0 atom stereocenters. The van der Waals surface area contributed by atoms with E-state index in [0.717, 1.165) is 0 Å². The standard InChI is InChI=1S/C13H10BrN3O2/c1-8-16-12(14)6-13(17-8)19-10-4-3-9(7-15)5-11(10)18-2/h3-6H,1-2H3. The second-order valence-corrected chi connectivity index (χ2v) is 4.47. The number of hydrogen-bond acceptors (Lipinski definition) is 5. The molecule has 19 heavy (non-hydrogen) atoms. The quantitative estimate of drug-likeness (QED) is 0.812. The first-order valence-corrected chi connectivity index (χ1v) is 6.19. The Balaban J connectivity index is 2.35. The van der Waals surface area contributed by atoms with Gasteiger partial charge in [-0.2, -0.15) is 10.2 Å². The molecule has 0 unspecified atom stereocenters. The van der Waals surface area contributed by atoms with Gasteiger partial charge >= 0.3 is 0 Å². The summed E-state index contributed by atoms with van der Waals surface area (Å²) in [6, 6.07) is 8.63. The van der Waals surface area contributed by atoms with Gasteiger partial charge in [0.15, 0.2) is 11.5 Å². The maximum atomic E-state index is 8.84. The average molecular weight is 320 g/mol. The number of nitrogens with zero attached hydrogens (tertiary/aromatic N) is 3. The van der Waals surface area contributed by atoms with E-state index in [1.54, 1.807) is 31.2 Å². The molecule has 0 aliphatic rings. The van der Waals surface area contributed by atoms with Crippen molar-refractivity contribution in [2.75, 3.05) is 7.11 Å². The van der Waals surface area contributed by atoms with Gasteiger partial charge in [0.1, 0.15) is 10.4 Å². The van der Waals surface area contributed by atoms with Gasteiger partial charge in [-0.1, -0.05) is 0 Å². The average Bonchev–Trinajstić information content (AvgIpc) is 2.38. The van der Waals surface area contributed by atoms with E-state index in [0.29, 0.717) is 33.4 Å². The maximum Gasteiger partial charge on any atom is 0.223 e.